The lowest BCUT2D eigenvalue weighted by Gasteiger charge is -2.18. The highest BCUT2D eigenvalue weighted by Crippen LogP contribution is 2.20. The molecule has 338 valence electrons. The van der Waals surface area contributed by atoms with Crippen molar-refractivity contribution in [2.45, 2.75) is 272 Å². The molecule has 0 aliphatic carbocycles. The lowest BCUT2D eigenvalue weighted by Crippen LogP contribution is -2.25. The number of ether oxygens (including phenoxy) is 3. The Balaban J connectivity index is 3.97. The maximum atomic E-state index is 12.7. The van der Waals surface area contributed by atoms with Crippen LogP contribution in [0.15, 0.2) is 0 Å². The van der Waals surface area contributed by atoms with Gasteiger partial charge in [-0.3, -0.25) is 14.4 Å². The second-order valence-electron chi connectivity index (χ2n) is 17.6. The molecule has 0 amide bonds. The summed E-state index contributed by atoms with van der Waals surface area (Å²) in [6.45, 7) is 15.0. The maximum absolute atomic E-state index is 12.7. The number of carbonyl (C=O) groups is 3. The van der Waals surface area contributed by atoms with E-state index in [0.29, 0.717) is 50.4 Å². The first-order valence-corrected chi connectivity index (χ1v) is 25.0. The molecule has 0 bridgehead atoms. The van der Waals surface area contributed by atoms with E-state index < -0.39 is 0 Å². The second kappa shape index (κ2) is 42.5. The molecule has 0 atom stereocenters. The second-order valence-corrected chi connectivity index (χ2v) is 17.6. The topological polar surface area (TPSA) is 90.9 Å². The number of carbonyl (C=O) groups excluding carboxylic acids is 3. The zero-order chi connectivity index (χ0) is 42.0. The number of hydrogen-bond donors (Lipinski definition) is 1. The molecule has 0 spiro atoms. The first-order valence-electron chi connectivity index (χ1n) is 25.0. The fourth-order valence-electron chi connectivity index (χ4n) is 7.56. The van der Waals surface area contributed by atoms with Crippen LogP contribution in [-0.4, -0.2) is 49.8 Å². The summed E-state index contributed by atoms with van der Waals surface area (Å²) in [6, 6.07) is 0.446. The summed E-state index contributed by atoms with van der Waals surface area (Å²) in [5.74, 6) is 0.968. The molecule has 1 N–H and O–H groups in total. The van der Waals surface area contributed by atoms with Crippen LogP contribution in [0.2, 0.25) is 0 Å². The van der Waals surface area contributed by atoms with Gasteiger partial charge in [0.1, 0.15) is 6.10 Å². The number of nitrogens with one attached hydrogen (secondary N) is 1. The van der Waals surface area contributed by atoms with Crippen molar-refractivity contribution in [2.24, 2.45) is 11.8 Å². The standard InChI is InChI=1S/C50H97NO6/c1-7-45(8-2)42-55-48(52)38-33-29-25-21-17-13-11-15-19-23-27-31-36-47(57-50(54)40-35-41-51-44(5)6)37-32-28-24-20-16-12-14-18-22-26-30-34-39-49(53)56-43-46(9-3)10-4/h44-47,51H,7-43H2,1-6H3. The van der Waals surface area contributed by atoms with Gasteiger partial charge in [-0.2, -0.15) is 0 Å². The molecular formula is C50H97NO6. The Hall–Kier alpha value is -1.63. The van der Waals surface area contributed by atoms with E-state index in [-0.39, 0.29) is 24.0 Å². The van der Waals surface area contributed by atoms with Gasteiger partial charge in [0.2, 0.25) is 0 Å². The van der Waals surface area contributed by atoms with Gasteiger partial charge in [0.05, 0.1) is 13.2 Å². The van der Waals surface area contributed by atoms with Gasteiger partial charge < -0.3 is 19.5 Å². The van der Waals surface area contributed by atoms with Crippen LogP contribution >= 0.6 is 0 Å². The smallest absolute Gasteiger partial charge is 0.306 e. The molecule has 57 heavy (non-hydrogen) atoms. The summed E-state index contributed by atoms with van der Waals surface area (Å²) < 4.78 is 16.9. The third-order valence-electron chi connectivity index (χ3n) is 12.0. The number of unbranched alkanes of at least 4 members (excludes halogenated alkanes) is 22. The molecule has 0 radical (unpaired) electrons. The van der Waals surface area contributed by atoms with Gasteiger partial charge in [-0.1, -0.05) is 196 Å². The summed E-state index contributed by atoms with van der Waals surface area (Å²) in [5, 5.41) is 3.40. The first-order chi connectivity index (χ1) is 27.7. The Morgan fingerprint density at radius 3 is 1.02 bits per heavy atom. The molecule has 7 heteroatoms. The van der Waals surface area contributed by atoms with Gasteiger partial charge in [-0.05, 0) is 63.3 Å². The Bertz CT molecular complexity index is 830. The van der Waals surface area contributed by atoms with Crippen molar-refractivity contribution in [2.75, 3.05) is 19.8 Å². The Kier molecular flexibility index (Phi) is 41.3. The molecule has 0 heterocycles. The van der Waals surface area contributed by atoms with Gasteiger partial charge in [0, 0.05) is 25.3 Å². The predicted octanol–water partition coefficient (Wildman–Crippen LogP) is 14.6. The molecule has 0 saturated heterocycles. The van der Waals surface area contributed by atoms with Gasteiger partial charge in [0.25, 0.3) is 0 Å². The fourth-order valence-corrected chi connectivity index (χ4v) is 7.56. The highest BCUT2D eigenvalue weighted by Gasteiger charge is 2.15. The number of hydrogen-bond acceptors (Lipinski definition) is 7. The molecule has 0 rings (SSSR count). The third kappa shape index (κ3) is 39.6. The van der Waals surface area contributed by atoms with E-state index in [2.05, 4.69) is 46.9 Å². The van der Waals surface area contributed by atoms with Crippen LogP contribution in [-0.2, 0) is 28.6 Å². The van der Waals surface area contributed by atoms with Gasteiger partial charge in [-0.25, -0.2) is 0 Å². The molecule has 0 aliphatic rings. The minimum absolute atomic E-state index is 0.0171. The molecule has 0 aromatic rings. The third-order valence-corrected chi connectivity index (χ3v) is 12.0. The zero-order valence-electron chi connectivity index (χ0n) is 38.9. The van der Waals surface area contributed by atoms with E-state index in [0.717, 1.165) is 90.0 Å². The largest absolute Gasteiger partial charge is 0.465 e. The molecular weight excluding hydrogens is 711 g/mol. The van der Waals surface area contributed by atoms with Crippen LogP contribution in [0.25, 0.3) is 0 Å². The monoisotopic (exact) mass is 808 g/mol. The Morgan fingerprint density at radius 1 is 0.404 bits per heavy atom. The van der Waals surface area contributed by atoms with Crippen LogP contribution in [0.4, 0.5) is 0 Å². The van der Waals surface area contributed by atoms with Crippen molar-refractivity contribution in [1.82, 2.24) is 5.32 Å². The summed E-state index contributed by atoms with van der Waals surface area (Å²) in [4.78, 5) is 36.5. The minimum Gasteiger partial charge on any atom is -0.465 e. The van der Waals surface area contributed by atoms with Crippen molar-refractivity contribution in [3.8, 4) is 0 Å². The number of rotatable bonds is 44. The molecule has 0 aromatic heterocycles. The van der Waals surface area contributed by atoms with E-state index in [1.165, 1.54) is 116 Å². The molecule has 0 fully saturated rings. The van der Waals surface area contributed by atoms with E-state index >= 15 is 0 Å². The Labute approximate surface area is 354 Å². The van der Waals surface area contributed by atoms with Crippen LogP contribution in [0.5, 0.6) is 0 Å². The summed E-state index contributed by atoms with van der Waals surface area (Å²) >= 11 is 0. The quantitative estimate of drug-likeness (QED) is 0.0372. The van der Waals surface area contributed by atoms with E-state index in [1.807, 2.05) is 0 Å². The summed E-state index contributed by atoms with van der Waals surface area (Å²) in [5.41, 5.74) is 0. The highest BCUT2D eigenvalue weighted by atomic mass is 16.5. The van der Waals surface area contributed by atoms with Crippen LogP contribution in [0.3, 0.4) is 0 Å². The highest BCUT2D eigenvalue weighted by molar-refractivity contribution is 5.70. The average Bonchev–Trinajstić information content (AvgIpc) is 3.20. The lowest BCUT2D eigenvalue weighted by atomic mass is 10.0. The summed E-state index contributed by atoms with van der Waals surface area (Å²) in [7, 11) is 0. The molecule has 0 aliphatic heterocycles. The van der Waals surface area contributed by atoms with Crippen molar-refractivity contribution < 1.29 is 28.6 Å². The SMILES string of the molecule is CCC(CC)COC(=O)CCCCCCCCCCCCCCC(CCCCCCCCCCCCCCC(=O)OCC(CC)CC)OC(=O)CCCNC(C)C. The van der Waals surface area contributed by atoms with Crippen LogP contribution in [0, 0.1) is 11.8 Å². The maximum Gasteiger partial charge on any atom is 0.306 e. The van der Waals surface area contributed by atoms with Gasteiger partial charge in [0.15, 0.2) is 0 Å². The van der Waals surface area contributed by atoms with Gasteiger partial charge >= 0.3 is 17.9 Å². The van der Waals surface area contributed by atoms with Gasteiger partial charge in [-0.15, -0.1) is 0 Å². The zero-order valence-corrected chi connectivity index (χ0v) is 38.9. The first kappa shape index (κ1) is 55.4. The summed E-state index contributed by atoms with van der Waals surface area (Å²) in [6.07, 6.45) is 38.6. The number of esters is 3. The normalized spacial score (nSPS) is 11.7. The lowest BCUT2D eigenvalue weighted by molar-refractivity contribution is -0.150. The molecule has 0 unspecified atom stereocenters. The molecule has 0 saturated carbocycles. The van der Waals surface area contributed by atoms with E-state index in [9.17, 15) is 14.4 Å². The van der Waals surface area contributed by atoms with Crippen molar-refractivity contribution in [3.63, 3.8) is 0 Å². The molecule has 0 aromatic carbocycles. The average molecular weight is 808 g/mol. The van der Waals surface area contributed by atoms with E-state index in [1.54, 1.807) is 0 Å². The van der Waals surface area contributed by atoms with Crippen molar-refractivity contribution in [3.05, 3.63) is 0 Å². The van der Waals surface area contributed by atoms with Crippen molar-refractivity contribution >= 4 is 17.9 Å². The van der Waals surface area contributed by atoms with Crippen molar-refractivity contribution in [1.29, 1.82) is 0 Å². The Morgan fingerprint density at radius 2 is 0.702 bits per heavy atom. The van der Waals surface area contributed by atoms with E-state index in [4.69, 9.17) is 14.2 Å². The van der Waals surface area contributed by atoms with Crippen LogP contribution in [0.1, 0.15) is 260 Å². The van der Waals surface area contributed by atoms with Crippen LogP contribution < -0.4 is 5.32 Å². The predicted molar refractivity (Wildman–Crippen MR) is 242 cm³/mol. The minimum atomic E-state index is -0.0180. The fraction of sp³-hybridized carbons (Fsp3) is 0.940. The molecule has 7 nitrogen and oxygen atoms in total.